The topological polar surface area (TPSA) is 89.9 Å². The van der Waals surface area contributed by atoms with Crippen LogP contribution >= 0.6 is 0 Å². The Morgan fingerprint density at radius 3 is 2.61 bits per heavy atom. The Bertz CT molecular complexity index is 1400. The minimum absolute atomic E-state index is 0.0413. The molecule has 3 aromatic heterocycles. The number of ketones is 1. The lowest BCUT2D eigenvalue weighted by molar-refractivity contribution is 0.0987. The number of hydrogen-bond donors (Lipinski definition) is 0. The van der Waals surface area contributed by atoms with Crippen LogP contribution in [0.4, 0.5) is 14.8 Å². The molecule has 0 amide bonds. The fourth-order valence-corrected chi connectivity index (χ4v) is 4.69. The third-order valence-electron chi connectivity index (χ3n) is 6.77. The molecule has 0 spiro atoms. The quantitative estimate of drug-likeness (QED) is 0.325. The van der Waals surface area contributed by atoms with Crippen molar-refractivity contribution in [3.63, 3.8) is 0 Å². The summed E-state index contributed by atoms with van der Waals surface area (Å²) in [6, 6.07) is 4.96. The van der Waals surface area contributed by atoms with Gasteiger partial charge in [-0.2, -0.15) is 4.98 Å². The molecule has 0 atom stereocenters. The first-order chi connectivity index (χ1) is 17.4. The molecule has 0 unspecified atom stereocenters. The normalized spacial score (nSPS) is 14.8. The molecule has 1 aromatic carbocycles. The van der Waals surface area contributed by atoms with E-state index in [1.54, 1.807) is 19.1 Å². The van der Waals surface area contributed by atoms with Crippen molar-refractivity contribution in [2.75, 3.05) is 18.0 Å². The average Bonchev–Trinajstić information content (AvgIpc) is 3.51. The molecule has 10 heteroatoms. The second kappa shape index (κ2) is 9.75. The number of benzene rings is 1. The number of hydrogen-bond acceptors (Lipinski definition) is 7. The lowest BCUT2D eigenvalue weighted by atomic mass is 10.0. The maximum atomic E-state index is 15.2. The summed E-state index contributed by atoms with van der Waals surface area (Å²) in [7, 11) is 0. The van der Waals surface area contributed by atoms with E-state index < -0.39 is 11.6 Å². The van der Waals surface area contributed by atoms with E-state index in [1.165, 1.54) is 18.6 Å². The highest BCUT2D eigenvalue weighted by Gasteiger charge is 2.27. The van der Waals surface area contributed by atoms with Gasteiger partial charge in [0, 0.05) is 49.7 Å². The largest absolute Gasteiger partial charge is 0.326 e. The van der Waals surface area contributed by atoms with Gasteiger partial charge in [0.05, 0.1) is 11.1 Å². The fraction of sp³-hybridized carbons (Fsp3) is 0.423. The van der Waals surface area contributed by atoms with Gasteiger partial charge in [0.2, 0.25) is 0 Å². The van der Waals surface area contributed by atoms with Gasteiger partial charge in [-0.15, -0.1) is 0 Å². The highest BCUT2D eigenvalue weighted by molar-refractivity contribution is 5.95. The van der Waals surface area contributed by atoms with E-state index in [9.17, 15) is 9.18 Å². The van der Waals surface area contributed by atoms with E-state index in [0.717, 1.165) is 12.8 Å². The second-order valence-corrected chi connectivity index (χ2v) is 9.47. The number of fused-ring (bicyclic) bond motifs is 1. The molecule has 4 aromatic rings. The first-order valence-corrected chi connectivity index (χ1v) is 12.3. The van der Waals surface area contributed by atoms with Crippen LogP contribution in [-0.4, -0.2) is 43.5 Å². The predicted molar refractivity (Wildman–Crippen MR) is 130 cm³/mol. The standard InChI is InChI=1S/C26H28F2N6O2/c1-4-22(35)17-6-5-16(19(27)11-17)12-21-23-20(28)13-34(25(23)30-14-29-21)18-7-9-33(10-8-18)26-31-24(15(2)3)32-36-26/h5-6,11,13-15,18H,4,7-10,12H2,1-3H3. The molecule has 5 rings (SSSR count). The van der Waals surface area contributed by atoms with E-state index in [1.807, 2.05) is 23.3 Å². The van der Waals surface area contributed by atoms with E-state index in [-0.39, 0.29) is 24.2 Å². The molecule has 0 N–H and O–H groups in total. The molecule has 4 heterocycles. The molecule has 1 saturated heterocycles. The smallest absolute Gasteiger partial charge is 0.324 e. The molecule has 1 aliphatic rings. The molecule has 0 bridgehead atoms. The van der Waals surface area contributed by atoms with Gasteiger partial charge < -0.3 is 14.0 Å². The van der Waals surface area contributed by atoms with Gasteiger partial charge in [-0.25, -0.2) is 18.7 Å². The van der Waals surface area contributed by atoms with Gasteiger partial charge in [0.25, 0.3) is 0 Å². The van der Waals surface area contributed by atoms with Crippen molar-refractivity contribution in [2.24, 2.45) is 0 Å². The number of rotatable bonds is 7. The van der Waals surface area contributed by atoms with Crippen LogP contribution in [0.5, 0.6) is 0 Å². The summed E-state index contributed by atoms with van der Waals surface area (Å²) < 4.78 is 37.2. The number of aromatic nitrogens is 5. The zero-order valence-corrected chi connectivity index (χ0v) is 20.5. The summed E-state index contributed by atoms with van der Waals surface area (Å²) in [4.78, 5) is 27.0. The first-order valence-electron chi connectivity index (χ1n) is 12.3. The van der Waals surface area contributed by atoms with Crippen LogP contribution in [0.1, 0.15) is 79.4 Å². The van der Waals surface area contributed by atoms with Crippen LogP contribution in [0.25, 0.3) is 11.0 Å². The number of halogens is 2. The Balaban J connectivity index is 1.36. The number of Topliss-reactive ketones (excluding diaryl/α,β-unsaturated/α-hetero) is 1. The minimum atomic E-state index is -0.505. The maximum Gasteiger partial charge on any atom is 0.324 e. The van der Waals surface area contributed by atoms with Crippen molar-refractivity contribution in [1.82, 2.24) is 24.7 Å². The zero-order valence-electron chi connectivity index (χ0n) is 20.5. The SMILES string of the molecule is CCC(=O)c1ccc(Cc2ncnc3c2c(F)cn3C2CCN(c3nc(C(C)C)no3)CC2)c(F)c1. The van der Waals surface area contributed by atoms with Crippen LogP contribution < -0.4 is 4.90 Å². The monoisotopic (exact) mass is 494 g/mol. The lowest BCUT2D eigenvalue weighted by Gasteiger charge is -2.31. The Morgan fingerprint density at radius 2 is 1.94 bits per heavy atom. The van der Waals surface area contributed by atoms with Gasteiger partial charge in [-0.05, 0) is 24.5 Å². The average molecular weight is 495 g/mol. The molecular weight excluding hydrogens is 466 g/mol. The predicted octanol–water partition coefficient (Wildman–Crippen LogP) is 5.24. The van der Waals surface area contributed by atoms with Crippen molar-refractivity contribution in [2.45, 2.75) is 58.4 Å². The number of carbonyl (C=O) groups is 1. The molecule has 1 aliphatic heterocycles. The minimum Gasteiger partial charge on any atom is -0.326 e. The highest BCUT2D eigenvalue weighted by Crippen LogP contribution is 2.32. The van der Waals surface area contributed by atoms with Crippen molar-refractivity contribution < 1.29 is 18.1 Å². The fourth-order valence-electron chi connectivity index (χ4n) is 4.69. The molecule has 188 valence electrons. The highest BCUT2D eigenvalue weighted by atomic mass is 19.1. The van der Waals surface area contributed by atoms with Gasteiger partial charge in [0.1, 0.15) is 17.8 Å². The molecule has 1 fully saturated rings. The summed E-state index contributed by atoms with van der Waals surface area (Å²) in [6.07, 6.45) is 4.76. The Hall–Kier alpha value is -3.69. The summed E-state index contributed by atoms with van der Waals surface area (Å²) in [5, 5.41) is 4.34. The summed E-state index contributed by atoms with van der Waals surface area (Å²) in [5.41, 5.74) is 1.59. The van der Waals surface area contributed by atoms with Gasteiger partial charge >= 0.3 is 6.01 Å². The van der Waals surface area contributed by atoms with Crippen molar-refractivity contribution >= 4 is 22.8 Å². The Morgan fingerprint density at radius 1 is 1.17 bits per heavy atom. The number of carbonyl (C=O) groups excluding carboxylic acids is 1. The Kier molecular flexibility index (Phi) is 6.51. The van der Waals surface area contributed by atoms with Gasteiger partial charge in [0.15, 0.2) is 17.4 Å². The van der Waals surface area contributed by atoms with Crippen LogP contribution in [0.2, 0.25) is 0 Å². The van der Waals surface area contributed by atoms with Crippen LogP contribution in [0.15, 0.2) is 35.2 Å². The summed E-state index contributed by atoms with van der Waals surface area (Å²) in [5.74, 6) is -0.195. The van der Waals surface area contributed by atoms with Gasteiger partial charge in [-0.1, -0.05) is 38.1 Å². The zero-order chi connectivity index (χ0) is 25.4. The first kappa shape index (κ1) is 24.0. The molecule has 8 nitrogen and oxygen atoms in total. The van der Waals surface area contributed by atoms with Crippen LogP contribution in [0.3, 0.4) is 0 Å². The number of anilines is 1. The van der Waals surface area contributed by atoms with Crippen molar-refractivity contribution in [1.29, 1.82) is 0 Å². The van der Waals surface area contributed by atoms with Crippen LogP contribution in [-0.2, 0) is 6.42 Å². The van der Waals surface area contributed by atoms with E-state index in [2.05, 4.69) is 20.1 Å². The molecular formula is C26H28F2N6O2. The van der Waals surface area contributed by atoms with Crippen molar-refractivity contribution in [3.8, 4) is 0 Å². The molecule has 0 saturated carbocycles. The summed E-state index contributed by atoms with van der Waals surface area (Å²) >= 11 is 0. The Labute approximate surface area is 207 Å². The van der Waals surface area contributed by atoms with Gasteiger partial charge in [-0.3, -0.25) is 4.79 Å². The maximum absolute atomic E-state index is 15.2. The van der Waals surface area contributed by atoms with Crippen molar-refractivity contribution in [3.05, 3.63) is 65.0 Å². The lowest BCUT2D eigenvalue weighted by Crippen LogP contribution is -2.34. The van der Waals surface area contributed by atoms with Crippen LogP contribution in [0, 0.1) is 11.6 Å². The molecule has 36 heavy (non-hydrogen) atoms. The molecule has 0 aliphatic carbocycles. The van der Waals surface area contributed by atoms with E-state index in [0.29, 0.717) is 59.2 Å². The number of piperidine rings is 1. The third-order valence-corrected chi connectivity index (χ3v) is 6.77. The number of nitrogens with zero attached hydrogens (tertiary/aromatic N) is 6. The second-order valence-electron chi connectivity index (χ2n) is 9.47. The summed E-state index contributed by atoms with van der Waals surface area (Å²) in [6.45, 7) is 7.14. The van der Waals surface area contributed by atoms with E-state index in [4.69, 9.17) is 4.52 Å². The third kappa shape index (κ3) is 4.47. The van der Waals surface area contributed by atoms with E-state index >= 15 is 4.39 Å². The molecule has 0 radical (unpaired) electrons.